The van der Waals surface area contributed by atoms with Gasteiger partial charge in [-0.05, 0) is 115 Å². The second kappa shape index (κ2) is 32.5. The quantitative estimate of drug-likeness (QED) is 0.0190. The number of nitrogens with two attached hydrogens (primary N) is 7. The van der Waals surface area contributed by atoms with Crippen LogP contribution >= 0.6 is 0 Å². The lowest BCUT2D eigenvalue weighted by molar-refractivity contribution is -0.152. The number of nitrogens with one attached hydrogen (secondary N) is 5. The van der Waals surface area contributed by atoms with Gasteiger partial charge in [-0.15, -0.1) is 0 Å². The number of hydrogen-bond acceptors (Lipinski definition) is 14. The van der Waals surface area contributed by atoms with Gasteiger partial charge in [-0.3, -0.25) is 67.7 Å². The summed E-state index contributed by atoms with van der Waals surface area (Å²) in [4.78, 5) is 172. The van der Waals surface area contributed by atoms with Gasteiger partial charge in [-0.1, -0.05) is 27.7 Å². The number of rotatable bonds is 29. The molecular formula is C55H94N20O11. The average molecular weight is 1210 g/mol. The van der Waals surface area contributed by atoms with Crippen LogP contribution in [0.3, 0.4) is 0 Å². The van der Waals surface area contributed by atoms with Crippen molar-refractivity contribution in [2.75, 3.05) is 52.4 Å². The zero-order valence-electron chi connectivity index (χ0n) is 50.5. The highest BCUT2D eigenvalue weighted by atomic mass is 16.2. The van der Waals surface area contributed by atoms with E-state index >= 15 is 0 Å². The van der Waals surface area contributed by atoms with Crippen molar-refractivity contribution in [3.05, 3.63) is 0 Å². The van der Waals surface area contributed by atoms with E-state index in [1.54, 1.807) is 13.8 Å². The summed E-state index contributed by atoms with van der Waals surface area (Å²) >= 11 is 0. The van der Waals surface area contributed by atoms with Crippen LogP contribution in [0.5, 0.6) is 0 Å². The van der Waals surface area contributed by atoms with Crippen molar-refractivity contribution in [3.8, 4) is 0 Å². The molecule has 0 aromatic rings. The lowest BCUT2D eigenvalue weighted by atomic mass is 10.0. The molecule has 5 heterocycles. The number of hydrogen-bond donors (Lipinski definition) is 12. The summed E-state index contributed by atoms with van der Waals surface area (Å²) in [5.74, 6) is -7.31. The molecule has 5 aliphatic heterocycles. The lowest BCUT2D eigenvalue weighted by Gasteiger charge is -2.36. The maximum Gasteiger partial charge on any atom is 0.246 e. The normalized spacial score (nSPS) is 21.8. The van der Waals surface area contributed by atoms with Crippen LogP contribution < -0.4 is 66.7 Å². The molecule has 0 radical (unpaired) electrons. The summed E-state index contributed by atoms with van der Waals surface area (Å²) in [5.41, 5.74) is 38.6. The molecule has 31 heteroatoms. The number of aliphatic imine (C=N–C) groups is 3. The molecule has 0 bridgehead atoms. The Balaban J connectivity index is 1.27. The third-order valence-electron chi connectivity index (χ3n) is 16.4. The van der Waals surface area contributed by atoms with Crippen LogP contribution in [-0.4, -0.2) is 220 Å². The van der Waals surface area contributed by atoms with Gasteiger partial charge in [-0.25, -0.2) is 0 Å². The Labute approximate surface area is 502 Å². The van der Waals surface area contributed by atoms with E-state index in [-0.39, 0.29) is 132 Å². The number of guanidine groups is 3. The second-order valence-electron chi connectivity index (χ2n) is 23.5. The summed E-state index contributed by atoms with van der Waals surface area (Å²) in [6.07, 6.45) is 4.75. The molecule has 31 nitrogen and oxygen atoms in total. The molecule has 480 valence electrons. The zero-order valence-corrected chi connectivity index (χ0v) is 50.5. The van der Waals surface area contributed by atoms with E-state index in [9.17, 15) is 52.7 Å². The smallest absolute Gasteiger partial charge is 0.246 e. The van der Waals surface area contributed by atoms with Gasteiger partial charge in [0.05, 0.1) is 0 Å². The molecule has 19 N–H and O–H groups in total. The largest absolute Gasteiger partial charge is 0.370 e. The molecule has 0 aromatic carbocycles. The minimum atomic E-state index is -1.29. The molecule has 5 fully saturated rings. The highest BCUT2D eigenvalue weighted by Gasteiger charge is 2.49. The molecule has 10 atom stereocenters. The highest BCUT2D eigenvalue weighted by Crippen LogP contribution is 2.31. The summed E-state index contributed by atoms with van der Waals surface area (Å²) in [5, 5.41) is 13.7. The Morgan fingerprint density at radius 2 is 0.709 bits per heavy atom. The Bertz CT molecular complexity index is 2550. The molecule has 0 saturated carbocycles. The predicted molar refractivity (Wildman–Crippen MR) is 318 cm³/mol. The molecule has 0 spiro atoms. The van der Waals surface area contributed by atoms with E-state index in [2.05, 4.69) is 41.6 Å². The highest BCUT2D eigenvalue weighted by molar-refractivity contribution is 6.00. The van der Waals surface area contributed by atoms with Crippen molar-refractivity contribution < 1.29 is 52.7 Å². The fraction of sp³-hybridized carbons (Fsp3) is 0.745. The molecular weight excluding hydrogens is 1120 g/mol. The molecule has 5 saturated heterocycles. The predicted octanol–water partition coefficient (Wildman–Crippen LogP) is -4.66. The van der Waals surface area contributed by atoms with Gasteiger partial charge in [0.1, 0.15) is 60.4 Å². The van der Waals surface area contributed by atoms with Crippen LogP contribution in [0.15, 0.2) is 15.0 Å². The van der Waals surface area contributed by atoms with Crippen LogP contribution in [0.25, 0.3) is 0 Å². The maximum absolute atomic E-state index is 14.7. The van der Waals surface area contributed by atoms with Gasteiger partial charge in [-0.2, -0.15) is 0 Å². The monoisotopic (exact) mass is 1210 g/mol. The van der Waals surface area contributed by atoms with Gasteiger partial charge in [0.15, 0.2) is 17.9 Å². The number of likely N-dealkylation sites (tertiary alicyclic amines) is 5. The van der Waals surface area contributed by atoms with Crippen LogP contribution in [0.2, 0.25) is 0 Å². The average Bonchev–Trinajstić information content (AvgIpc) is 1.97. The first-order valence-electron chi connectivity index (χ1n) is 30.2. The molecule has 5 rings (SSSR count). The standard InChI is InChI=1S/C55H94N20O11/c1-30(2)41(66-32(5)76)51(85)74-28-13-21-40(74)50(84)73-27-11-19-38(73)48(82)72-26-10-18-37(72)47(81)70-42(31(3)4)52(86)75-29-12-20-39(75)49(83)71-25-9-17-36(71)46(80)69-35(16-8-24-65-55(61)62)45(79)68-34(15-7-23-64-54(59)60)44(78)67-33(43(56)77)14-6-22-63-53(57)58/h30-31,33-42H,6-29H2,1-5H3,(H2,56,77)(H,66,76)(H,67,78)(H,68,79)(H,69,80)(H,70,81)(H4,57,58,63)(H4,59,60,64)(H4,61,62,65)/t33-,34-,35-,36-,37-,38-,39-,40-,41-,42-/m0/s1. The fourth-order valence-corrected chi connectivity index (χ4v) is 12.0. The summed E-state index contributed by atoms with van der Waals surface area (Å²) in [6, 6.07) is -10.4. The Kier molecular flexibility index (Phi) is 26.0. The zero-order chi connectivity index (χ0) is 63.5. The van der Waals surface area contributed by atoms with Crippen molar-refractivity contribution in [3.63, 3.8) is 0 Å². The van der Waals surface area contributed by atoms with E-state index in [4.69, 9.17) is 40.1 Å². The number of carbonyl (C=O) groups is 11. The summed E-state index contributed by atoms with van der Waals surface area (Å²) in [6.45, 7) is 10.0. The summed E-state index contributed by atoms with van der Waals surface area (Å²) in [7, 11) is 0. The van der Waals surface area contributed by atoms with Crippen molar-refractivity contribution in [1.29, 1.82) is 0 Å². The number of primary amides is 1. The first-order valence-corrected chi connectivity index (χ1v) is 30.2. The van der Waals surface area contributed by atoms with E-state index < -0.39 is 114 Å². The third kappa shape index (κ3) is 18.7. The van der Waals surface area contributed by atoms with E-state index in [0.29, 0.717) is 64.5 Å². The minimum Gasteiger partial charge on any atom is -0.370 e. The van der Waals surface area contributed by atoms with Crippen LogP contribution in [0.1, 0.15) is 137 Å². The molecule has 0 unspecified atom stereocenters. The molecule has 86 heavy (non-hydrogen) atoms. The number of nitrogens with zero attached hydrogens (tertiary/aromatic N) is 8. The van der Waals surface area contributed by atoms with E-state index in [0.717, 1.165) is 0 Å². The first-order chi connectivity index (χ1) is 40.7. The van der Waals surface area contributed by atoms with Gasteiger partial charge in [0.2, 0.25) is 65.0 Å². The maximum atomic E-state index is 14.7. The van der Waals surface area contributed by atoms with Gasteiger partial charge in [0, 0.05) is 59.3 Å². The Morgan fingerprint density at radius 1 is 0.407 bits per heavy atom. The molecule has 11 amide bonds. The van der Waals surface area contributed by atoms with Gasteiger partial charge >= 0.3 is 0 Å². The summed E-state index contributed by atoms with van der Waals surface area (Å²) < 4.78 is 0. The Morgan fingerprint density at radius 3 is 1.07 bits per heavy atom. The van der Waals surface area contributed by atoms with Crippen molar-refractivity contribution in [1.82, 2.24) is 51.1 Å². The topological polar surface area (TPSA) is 483 Å². The second-order valence-corrected chi connectivity index (χ2v) is 23.5. The number of carbonyl (C=O) groups excluding carboxylic acids is 11. The molecule has 5 aliphatic rings. The van der Waals surface area contributed by atoms with Gasteiger partial charge < -0.3 is 91.2 Å². The van der Waals surface area contributed by atoms with Crippen molar-refractivity contribution in [2.24, 2.45) is 66.9 Å². The van der Waals surface area contributed by atoms with Gasteiger partial charge in [0.25, 0.3) is 0 Å². The van der Waals surface area contributed by atoms with Crippen molar-refractivity contribution >= 4 is 82.9 Å². The van der Waals surface area contributed by atoms with Crippen molar-refractivity contribution in [2.45, 2.75) is 198 Å². The molecule has 0 aromatic heterocycles. The minimum absolute atomic E-state index is 0.0120. The van der Waals surface area contributed by atoms with Crippen LogP contribution in [0.4, 0.5) is 0 Å². The van der Waals surface area contributed by atoms with E-state index in [1.807, 2.05) is 13.8 Å². The fourth-order valence-electron chi connectivity index (χ4n) is 12.0. The van der Waals surface area contributed by atoms with Crippen LogP contribution in [-0.2, 0) is 52.7 Å². The van der Waals surface area contributed by atoms with E-state index in [1.165, 1.54) is 31.4 Å². The lowest BCUT2D eigenvalue weighted by Crippen LogP contribution is -2.60. The SMILES string of the molecule is CC(=O)N[C@H](C(=O)N1CCC[C@H]1C(=O)N1CCC[C@H]1C(=O)N1CCC[C@H]1C(=O)N[C@H](C(=O)N1CCC[C@H]1C(=O)N1CCC[C@H]1C(=O)N[C@@H](CCCN=C(N)N)C(=O)N[C@@H](CCCN=C(N)N)C(=O)N[C@@H](CCCN=C(N)N)C(N)=O)C(C)C)C(C)C. The first kappa shape index (κ1) is 68.8. The molecule has 0 aliphatic carbocycles. The Hall–Kier alpha value is -8.02. The van der Waals surface area contributed by atoms with Crippen LogP contribution in [0, 0.1) is 11.8 Å². The third-order valence-corrected chi connectivity index (χ3v) is 16.4. The number of amides is 11.